The molecule has 0 radical (unpaired) electrons. The van der Waals surface area contributed by atoms with Crippen molar-refractivity contribution >= 4 is 35.5 Å². The van der Waals surface area contributed by atoms with Crippen molar-refractivity contribution in [2.24, 2.45) is 0 Å². The van der Waals surface area contributed by atoms with E-state index in [0.29, 0.717) is 32.6 Å². The third kappa shape index (κ3) is 9.70. The predicted molar refractivity (Wildman–Crippen MR) is 189 cm³/mol. The van der Waals surface area contributed by atoms with Crippen LogP contribution in [0.25, 0.3) is 0 Å². The first kappa shape index (κ1) is 35.3. The molecular weight excluding hydrogens is 609 g/mol. The van der Waals surface area contributed by atoms with Gasteiger partial charge in [-0.25, -0.2) is 0 Å². The van der Waals surface area contributed by atoms with Crippen molar-refractivity contribution in [3.63, 3.8) is 0 Å². The Bertz CT molecular complexity index is 1560. The number of benzene rings is 3. The number of nitrogens with one attached hydrogen (secondary N) is 3. The van der Waals surface area contributed by atoms with E-state index in [0.717, 1.165) is 33.8 Å². The van der Waals surface area contributed by atoms with Crippen LogP contribution in [0.1, 0.15) is 50.3 Å². The zero-order valence-electron chi connectivity index (χ0n) is 27.5. The van der Waals surface area contributed by atoms with Crippen molar-refractivity contribution in [3.05, 3.63) is 131 Å². The van der Waals surface area contributed by atoms with E-state index in [9.17, 15) is 14.4 Å². The van der Waals surface area contributed by atoms with Gasteiger partial charge in [-0.2, -0.15) is 0 Å². The fraction of sp³-hybridized carbons (Fsp3) is 0.289. The van der Waals surface area contributed by atoms with E-state index >= 15 is 0 Å². The minimum Gasteiger partial charge on any atom is -0.356 e. The Hall–Kier alpha value is -4.60. The lowest BCUT2D eigenvalue weighted by Gasteiger charge is -2.27. The molecule has 0 saturated carbocycles. The summed E-state index contributed by atoms with van der Waals surface area (Å²) in [6.45, 7) is 8.11. The summed E-state index contributed by atoms with van der Waals surface area (Å²) in [7, 11) is 1.65. The van der Waals surface area contributed by atoms with Crippen LogP contribution in [0.2, 0.25) is 0 Å². The zero-order valence-corrected chi connectivity index (χ0v) is 28.4. The first-order valence-corrected chi connectivity index (χ1v) is 16.6. The highest BCUT2D eigenvalue weighted by molar-refractivity contribution is 7.94. The van der Waals surface area contributed by atoms with Crippen molar-refractivity contribution in [3.8, 4) is 0 Å². The van der Waals surface area contributed by atoms with Crippen molar-refractivity contribution in [1.82, 2.24) is 16.0 Å². The van der Waals surface area contributed by atoms with E-state index in [2.05, 4.69) is 46.8 Å². The summed E-state index contributed by atoms with van der Waals surface area (Å²) in [5.74, 6) is -0.872. The number of hydrogen-bond donors (Lipinski definition) is 3. The van der Waals surface area contributed by atoms with Gasteiger partial charge in [0, 0.05) is 66.3 Å². The maximum absolute atomic E-state index is 13.3. The molecule has 8 nitrogen and oxygen atoms in total. The van der Waals surface area contributed by atoms with Gasteiger partial charge in [0.25, 0.3) is 11.8 Å². The minimum absolute atomic E-state index is 0.0187. The molecule has 0 aliphatic carbocycles. The van der Waals surface area contributed by atoms with Crippen molar-refractivity contribution in [1.29, 1.82) is 0 Å². The number of allylic oxidation sites excluding steroid dienone is 5. The number of carbonyl (C=O) groups excluding carboxylic acids is 3. The highest BCUT2D eigenvalue weighted by atomic mass is 32.2. The van der Waals surface area contributed by atoms with E-state index < -0.39 is 11.8 Å². The third-order valence-corrected chi connectivity index (χ3v) is 8.57. The van der Waals surface area contributed by atoms with Crippen LogP contribution in [-0.4, -0.2) is 37.9 Å². The molecule has 3 amide bonds. The third-order valence-electron chi connectivity index (χ3n) is 7.95. The molecule has 0 saturated heterocycles. The first-order valence-electron chi connectivity index (χ1n) is 15.9. The molecule has 47 heavy (non-hydrogen) atoms. The van der Waals surface area contributed by atoms with Crippen molar-refractivity contribution in [2.45, 2.75) is 57.0 Å². The van der Waals surface area contributed by atoms with Crippen LogP contribution in [0.15, 0.2) is 119 Å². The molecule has 1 aliphatic rings. The number of nitrogens with zero attached hydrogens (tertiary/aromatic N) is 1. The summed E-state index contributed by atoms with van der Waals surface area (Å²) >= 11 is 1.32. The van der Waals surface area contributed by atoms with Crippen LogP contribution < -0.4 is 20.9 Å². The molecule has 0 atom stereocenters. The normalized spacial score (nSPS) is 14.1. The van der Waals surface area contributed by atoms with Crippen LogP contribution >= 0.6 is 12.0 Å². The van der Waals surface area contributed by atoms with Crippen LogP contribution in [-0.2, 0) is 37.1 Å². The Morgan fingerprint density at radius 1 is 0.851 bits per heavy atom. The van der Waals surface area contributed by atoms with E-state index in [1.165, 1.54) is 17.6 Å². The summed E-state index contributed by atoms with van der Waals surface area (Å²) in [4.78, 5) is 41.7. The average molecular weight is 653 g/mol. The van der Waals surface area contributed by atoms with Crippen LogP contribution in [0.4, 0.5) is 5.69 Å². The van der Waals surface area contributed by atoms with Gasteiger partial charge >= 0.3 is 0 Å². The molecule has 4 rings (SSSR count). The van der Waals surface area contributed by atoms with Gasteiger partial charge < -0.3 is 25.0 Å². The summed E-state index contributed by atoms with van der Waals surface area (Å²) < 4.78 is 5.31. The number of anilines is 1. The molecule has 1 aliphatic heterocycles. The predicted octanol–water partition coefficient (Wildman–Crippen LogP) is 6.35. The average Bonchev–Trinajstić information content (AvgIpc) is 3.29. The largest absolute Gasteiger partial charge is 0.356 e. The molecule has 0 bridgehead atoms. The maximum atomic E-state index is 13.3. The Morgan fingerprint density at radius 2 is 1.47 bits per heavy atom. The van der Waals surface area contributed by atoms with E-state index in [1.54, 1.807) is 19.3 Å². The molecule has 0 fully saturated rings. The van der Waals surface area contributed by atoms with Gasteiger partial charge in [0.2, 0.25) is 5.91 Å². The molecule has 0 spiro atoms. The topological polar surface area (TPSA) is 99.8 Å². The highest BCUT2D eigenvalue weighted by Gasteiger charge is 2.39. The lowest BCUT2D eigenvalue weighted by atomic mass is 9.83. The molecule has 9 heteroatoms. The molecule has 246 valence electrons. The molecule has 0 aromatic heterocycles. The van der Waals surface area contributed by atoms with Gasteiger partial charge in [0.15, 0.2) is 0 Å². The smallest absolute Gasteiger partial charge is 0.257 e. The number of fused-ring (bicyclic) bond motifs is 1. The van der Waals surface area contributed by atoms with Gasteiger partial charge in [0.1, 0.15) is 5.57 Å². The van der Waals surface area contributed by atoms with Crippen molar-refractivity contribution in [2.75, 3.05) is 25.1 Å². The Labute approximate surface area is 282 Å². The second kappa shape index (κ2) is 17.4. The number of carbonyl (C=O) groups is 3. The fourth-order valence-corrected chi connectivity index (χ4v) is 5.92. The summed E-state index contributed by atoms with van der Waals surface area (Å²) in [6.07, 6.45) is 8.42. The summed E-state index contributed by atoms with van der Waals surface area (Å²) in [5.41, 5.74) is 4.92. The Morgan fingerprint density at radius 3 is 2.04 bits per heavy atom. The van der Waals surface area contributed by atoms with Crippen LogP contribution in [0.3, 0.4) is 0 Å². The fourth-order valence-electron chi connectivity index (χ4n) is 5.43. The standard InChI is InChI=1S/C38H44N4O4S/c1-5-35(43)39-23-14-24-42-33-22-21-30(47-46-4)25-32(33)38(2,3)34(42)20-13-12-19-31(36(44)40-26-28-15-8-6-9-16-28)37(45)41-27-29-17-10-7-11-18-29/h6-13,15-22,25H,5,14,23-24,26-27H2,1-4H3,(H,39,43)(H,40,44)(H,41,45)/b13-12+,34-20+. The molecule has 0 unspecified atom stereocenters. The second-order valence-corrected chi connectivity index (χ2v) is 12.6. The minimum atomic E-state index is -0.454. The van der Waals surface area contributed by atoms with Gasteiger partial charge in [-0.05, 0) is 53.5 Å². The maximum Gasteiger partial charge on any atom is 0.257 e. The van der Waals surface area contributed by atoms with Gasteiger partial charge in [-0.1, -0.05) is 93.6 Å². The SMILES string of the molecule is CCC(=O)NCCCN1/C(=C/C=C/C=C(C(=O)NCc2ccccc2)C(=O)NCc2ccccc2)C(C)(C)c2cc(SOC)ccc21. The van der Waals surface area contributed by atoms with E-state index in [1.807, 2.05) is 85.8 Å². The number of rotatable bonds is 15. The molecule has 1 heterocycles. The summed E-state index contributed by atoms with van der Waals surface area (Å²) in [5, 5.41) is 8.73. The first-order chi connectivity index (χ1) is 22.7. The van der Waals surface area contributed by atoms with E-state index in [4.69, 9.17) is 4.18 Å². The van der Waals surface area contributed by atoms with Gasteiger partial charge in [0.05, 0.1) is 7.11 Å². The Balaban J connectivity index is 1.58. The van der Waals surface area contributed by atoms with Crippen LogP contribution in [0, 0.1) is 0 Å². The molecule has 3 aromatic carbocycles. The lowest BCUT2D eigenvalue weighted by Crippen LogP contribution is -2.34. The number of amides is 3. The van der Waals surface area contributed by atoms with Crippen molar-refractivity contribution < 1.29 is 18.6 Å². The van der Waals surface area contributed by atoms with Gasteiger partial charge in [-0.3, -0.25) is 14.4 Å². The molecular formula is C38H44N4O4S. The quantitative estimate of drug-likeness (QED) is 0.0442. The highest BCUT2D eigenvalue weighted by Crippen LogP contribution is 2.48. The summed E-state index contributed by atoms with van der Waals surface area (Å²) in [6, 6.07) is 25.5. The monoisotopic (exact) mass is 652 g/mol. The molecule has 3 aromatic rings. The zero-order chi connectivity index (χ0) is 33.6. The number of hydrogen-bond acceptors (Lipinski definition) is 6. The van der Waals surface area contributed by atoms with Gasteiger partial charge in [-0.15, -0.1) is 0 Å². The van der Waals surface area contributed by atoms with E-state index in [-0.39, 0.29) is 16.9 Å². The second-order valence-electron chi connectivity index (χ2n) is 11.6. The lowest BCUT2D eigenvalue weighted by molar-refractivity contribution is -0.124. The molecule has 3 N–H and O–H groups in total. The van der Waals surface area contributed by atoms with Crippen LogP contribution in [0.5, 0.6) is 0 Å². The Kier molecular flexibility index (Phi) is 13.0.